The van der Waals surface area contributed by atoms with Crippen LogP contribution in [-0.2, 0) is 6.61 Å². The normalized spacial score (nSPS) is 11.9. The predicted octanol–water partition coefficient (Wildman–Crippen LogP) is 5.64. The van der Waals surface area contributed by atoms with Gasteiger partial charge in [-0.15, -0.1) is 25.6 Å². The highest BCUT2D eigenvalue weighted by molar-refractivity contribution is 5.85. The van der Waals surface area contributed by atoms with Crippen LogP contribution in [0.25, 0.3) is 0 Å². The van der Waals surface area contributed by atoms with Gasteiger partial charge >= 0.3 is 6.36 Å². The van der Waals surface area contributed by atoms with E-state index in [2.05, 4.69) is 4.74 Å². The summed E-state index contributed by atoms with van der Waals surface area (Å²) in [5, 5.41) is 0. The predicted molar refractivity (Wildman–Crippen MR) is 110 cm³/mol. The smallest absolute Gasteiger partial charge is 0.493 e. The molecule has 0 spiro atoms. The fourth-order valence-electron chi connectivity index (χ4n) is 2.80. The molecule has 8 heteroatoms. The number of methoxy groups -OCH3 is 1. The SMILES string of the molecule is COc1cc([C@@H](N)c2ccc(OC(F)(F)F)cc2)ccc1OCc1ccccc1.Cl. The summed E-state index contributed by atoms with van der Waals surface area (Å²) in [5.74, 6) is 0.794. The minimum Gasteiger partial charge on any atom is -0.493 e. The molecule has 30 heavy (non-hydrogen) atoms. The van der Waals surface area contributed by atoms with Crippen LogP contribution in [0.2, 0.25) is 0 Å². The van der Waals surface area contributed by atoms with Gasteiger partial charge in [-0.1, -0.05) is 48.5 Å². The number of rotatable bonds is 7. The highest BCUT2D eigenvalue weighted by atomic mass is 35.5. The Morgan fingerprint density at radius 3 is 2.10 bits per heavy atom. The summed E-state index contributed by atoms with van der Waals surface area (Å²) in [6.45, 7) is 0.392. The lowest BCUT2D eigenvalue weighted by Gasteiger charge is -2.17. The molecule has 0 saturated heterocycles. The monoisotopic (exact) mass is 439 g/mol. The Balaban J connectivity index is 0.00000320. The number of ether oxygens (including phenoxy) is 3. The molecule has 3 rings (SSSR count). The summed E-state index contributed by atoms with van der Waals surface area (Å²) < 4.78 is 52.0. The Bertz CT molecular complexity index is 935. The van der Waals surface area contributed by atoms with Crippen molar-refractivity contribution in [2.45, 2.75) is 19.0 Å². The van der Waals surface area contributed by atoms with Gasteiger partial charge in [-0.3, -0.25) is 0 Å². The largest absolute Gasteiger partial charge is 0.573 e. The summed E-state index contributed by atoms with van der Waals surface area (Å²) in [6.07, 6.45) is -4.73. The third kappa shape index (κ3) is 6.30. The average molecular weight is 440 g/mol. The summed E-state index contributed by atoms with van der Waals surface area (Å²) in [4.78, 5) is 0. The van der Waals surface area contributed by atoms with Gasteiger partial charge in [-0.25, -0.2) is 0 Å². The summed E-state index contributed by atoms with van der Waals surface area (Å²) in [6, 6.07) is 20.0. The van der Waals surface area contributed by atoms with Gasteiger partial charge < -0.3 is 19.9 Å². The number of hydrogen-bond donors (Lipinski definition) is 1. The second-order valence-corrected chi connectivity index (χ2v) is 6.28. The van der Waals surface area contributed by atoms with Crippen LogP contribution in [0, 0.1) is 0 Å². The molecular formula is C22H21ClF3NO3. The Labute approximate surface area is 178 Å². The van der Waals surface area contributed by atoms with Crippen molar-refractivity contribution in [1.82, 2.24) is 0 Å². The fourth-order valence-corrected chi connectivity index (χ4v) is 2.80. The van der Waals surface area contributed by atoms with Gasteiger partial charge in [0.1, 0.15) is 12.4 Å². The highest BCUT2D eigenvalue weighted by Crippen LogP contribution is 2.33. The van der Waals surface area contributed by atoms with Crippen LogP contribution in [0.4, 0.5) is 13.2 Å². The minimum absolute atomic E-state index is 0. The van der Waals surface area contributed by atoms with Crippen molar-refractivity contribution in [3.8, 4) is 17.2 Å². The van der Waals surface area contributed by atoms with Crippen molar-refractivity contribution >= 4 is 12.4 Å². The third-order valence-electron chi connectivity index (χ3n) is 4.26. The van der Waals surface area contributed by atoms with Gasteiger partial charge in [0.2, 0.25) is 0 Å². The van der Waals surface area contributed by atoms with Crippen LogP contribution < -0.4 is 19.9 Å². The van der Waals surface area contributed by atoms with Crippen molar-refractivity contribution < 1.29 is 27.4 Å². The molecule has 4 nitrogen and oxygen atoms in total. The van der Waals surface area contributed by atoms with Gasteiger partial charge in [-0.2, -0.15) is 0 Å². The number of benzene rings is 3. The van der Waals surface area contributed by atoms with E-state index in [0.717, 1.165) is 11.1 Å². The molecule has 0 aromatic heterocycles. The number of hydrogen-bond acceptors (Lipinski definition) is 4. The molecule has 0 bridgehead atoms. The summed E-state index contributed by atoms with van der Waals surface area (Å²) in [5.41, 5.74) is 8.67. The van der Waals surface area contributed by atoms with Crippen LogP contribution in [0.3, 0.4) is 0 Å². The molecule has 0 heterocycles. The van der Waals surface area contributed by atoms with Crippen LogP contribution in [0.5, 0.6) is 17.2 Å². The average Bonchev–Trinajstić information content (AvgIpc) is 2.72. The van der Waals surface area contributed by atoms with Crippen molar-refractivity contribution in [3.63, 3.8) is 0 Å². The van der Waals surface area contributed by atoms with E-state index in [-0.39, 0.29) is 18.2 Å². The quantitative estimate of drug-likeness (QED) is 0.517. The first-order valence-corrected chi connectivity index (χ1v) is 8.81. The first kappa shape index (κ1) is 23.4. The first-order chi connectivity index (χ1) is 13.9. The van der Waals surface area contributed by atoms with Gasteiger partial charge in [0.25, 0.3) is 0 Å². The van der Waals surface area contributed by atoms with E-state index in [0.29, 0.717) is 23.7 Å². The van der Waals surface area contributed by atoms with Crippen molar-refractivity contribution in [2.75, 3.05) is 7.11 Å². The van der Waals surface area contributed by atoms with E-state index in [1.165, 1.54) is 31.4 Å². The first-order valence-electron chi connectivity index (χ1n) is 8.81. The molecule has 1 atom stereocenters. The van der Waals surface area contributed by atoms with Crippen LogP contribution in [0.15, 0.2) is 72.8 Å². The van der Waals surface area contributed by atoms with E-state index >= 15 is 0 Å². The van der Waals surface area contributed by atoms with Crippen LogP contribution in [0.1, 0.15) is 22.7 Å². The lowest BCUT2D eigenvalue weighted by atomic mass is 9.99. The molecule has 0 amide bonds. The summed E-state index contributed by atoms with van der Waals surface area (Å²) >= 11 is 0. The van der Waals surface area contributed by atoms with Crippen molar-refractivity contribution in [2.24, 2.45) is 5.73 Å². The lowest BCUT2D eigenvalue weighted by Crippen LogP contribution is -2.17. The van der Waals surface area contributed by atoms with Crippen LogP contribution in [-0.4, -0.2) is 13.5 Å². The minimum atomic E-state index is -4.73. The highest BCUT2D eigenvalue weighted by Gasteiger charge is 2.31. The molecule has 0 aliphatic heterocycles. The molecular weight excluding hydrogens is 419 g/mol. The second kappa shape index (κ2) is 10.2. The van der Waals surface area contributed by atoms with Gasteiger partial charge in [0.15, 0.2) is 11.5 Å². The maximum atomic E-state index is 12.3. The standard InChI is InChI=1S/C22H20F3NO3.ClH/c1-27-20-13-17(9-12-19(20)28-14-15-5-3-2-4-6-15)21(26)16-7-10-18(11-8-16)29-22(23,24)25;/h2-13,21H,14,26H2,1H3;1H/t21-;/m0./s1. The molecule has 0 unspecified atom stereocenters. The topological polar surface area (TPSA) is 53.7 Å². The Kier molecular flexibility index (Phi) is 7.97. The van der Waals surface area contributed by atoms with E-state index in [9.17, 15) is 13.2 Å². The van der Waals surface area contributed by atoms with Gasteiger partial charge in [0, 0.05) is 0 Å². The maximum Gasteiger partial charge on any atom is 0.573 e. The zero-order chi connectivity index (χ0) is 20.9. The zero-order valence-corrected chi connectivity index (χ0v) is 16.9. The Morgan fingerprint density at radius 1 is 0.867 bits per heavy atom. The molecule has 3 aromatic carbocycles. The van der Waals surface area contributed by atoms with Crippen molar-refractivity contribution in [3.05, 3.63) is 89.5 Å². The maximum absolute atomic E-state index is 12.3. The molecule has 0 aliphatic carbocycles. The Morgan fingerprint density at radius 2 is 1.50 bits per heavy atom. The molecule has 0 saturated carbocycles. The van der Waals surface area contributed by atoms with Gasteiger partial charge in [0.05, 0.1) is 13.2 Å². The number of nitrogens with two attached hydrogens (primary N) is 1. The zero-order valence-electron chi connectivity index (χ0n) is 16.1. The van der Waals surface area contributed by atoms with E-state index < -0.39 is 12.4 Å². The molecule has 0 fully saturated rings. The number of halogens is 4. The van der Waals surface area contributed by atoms with Gasteiger partial charge in [-0.05, 0) is 41.0 Å². The van der Waals surface area contributed by atoms with E-state index in [1.54, 1.807) is 18.2 Å². The molecule has 3 aromatic rings. The third-order valence-corrected chi connectivity index (χ3v) is 4.26. The molecule has 0 radical (unpaired) electrons. The van der Waals surface area contributed by atoms with Crippen LogP contribution >= 0.6 is 12.4 Å². The molecule has 160 valence electrons. The summed E-state index contributed by atoms with van der Waals surface area (Å²) in [7, 11) is 1.53. The second-order valence-electron chi connectivity index (χ2n) is 6.28. The van der Waals surface area contributed by atoms with Crippen molar-refractivity contribution in [1.29, 1.82) is 0 Å². The van der Waals surface area contributed by atoms with E-state index in [1.807, 2.05) is 30.3 Å². The Hall–Kier alpha value is -2.90. The lowest BCUT2D eigenvalue weighted by molar-refractivity contribution is -0.274. The fraction of sp³-hybridized carbons (Fsp3) is 0.182. The molecule has 2 N–H and O–H groups in total. The number of alkyl halides is 3. The van der Waals surface area contributed by atoms with E-state index in [4.69, 9.17) is 15.2 Å². The molecule has 0 aliphatic rings.